The quantitative estimate of drug-likeness (QED) is 0.650. The summed E-state index contributed by atoms with van der Waals surface area (Å²) in [5.74, 6) is -0.0335. The second kappa shape index (κ2) is 6.01. The zero-order chi connectivity index (χ0) is 15.7. The molecule has 0 aliphatic heterocycles. The lowest BCUT2D eigenvalue weighted by molar-refractivity contribution is 0.103. The Balaban J connectivity index is 2.17. The molecule has 4 nitrogen and oxygen atoms in total. The van der Waals surface area contributed by atoms with Gasteiger partial charge in [-0.25, -0.2) is 0 Å². The number of carbonyl (C=O) groups excluding carboxylic acids is 1. The molecule has 0 aliphatic rings. The van der Waals surface area contributed by atoms with Gasteiger partial charge in [-0.1, -0.05) is 6.92 Å². The third kappa shape index (κ3) is 2.57. The minimum absolute atomic E-state index is 0.0335. The van der Waals surface area contributed by atoms with Gasteiger partial charge in [-0.2, -0.15) is 0 Å². The van der Waals surface area contributed by atoms with E-state index in [1.807, 2.05) is 12.3 Å². The summed E-state index contributed by atoms with van der Waals surface area (Å²) >= 11 is 3.36. The molecule has 3 rings (SSSR count). The van der Waals surface area contributed by atoms with Crippen molar-refractivity contribution in [1.82, 2.24) is 14.5 Å². The lowest BCUT2D eigenvalue weighted by Crippen LogP contribution is -2.03. The summed E-state index contributed by atoms with van der Waals surface area (Å²) < 4.78 is 2.94. The molecule has 0 amide bonds. The van der Waals surface area contributed by atoms with Gasteiger partial charge in [-0.15, -0.1) is 0 Å². The van der Waals surface area contributed by atoms with Crippen LogP contribution in [0.1, 0.15) is 42.2 Å². The van der Waals surface area contributed by atoms with E-state index in [2.05, 4.69) is 44.3 Å². The molecule has 0 aliphatic carbocycles. The van der Waals surface area contributed by atoms with Crippen molar-refractivity contribution in [1.29, 1.82) is 0 Å². The number of rotatable bonds is 4. The van der Waals surface area contributed by atoms with Crippen molar-refractivity contribution in [3.63, 3.8) is 0 Å². The number of carbonyl (C=O) groups is 1. The molecule has 0 bridgehead atoms. The maximum Gasteiger partial charge on any atom is 0.196 e. The maximum atomic E-state index is 12.8. The zero-order valence-electron chi connectivity index (χ0n) is 12.5. The Hall–Kier alpha value is -2.01. The first-order valence-corrected chi connectivity index (χ1v) is 8.01. The van der Waals surface area contributed by atoms with Crippen LogP contribution in [0.15, 0.2) is 47.6 Å². The molecule has 22 heavy (non-hydrogen) atoms. The largest absolute Gasteiger partial charge is 0.344 e. The second-order valence-corrected chi connectivity index (χ2v) is 6.24. The maximum absolute atomic E-state index is 12.8. The summed E-state index contributed by atoms with van der Waals surface area (Å²) in [5, 5.41) is 0.882. The molecule has 3 aromatic heterocycles. The van der Waals surface area contributed by atoms with E-state index in [0.29, 0.717) is 17.2 Å². The first-order valence-electron chi connectivity index (χ1n) is 7.21. The molecule has 5 heteroatoms. The van der Waals surface area contributed by atoms with Gasteiger partial charge < -0.3 is 4.57 Å². The second-order valence-electron chi connectivity index (χ2n) is 5.32. The molecule has 0 saturated carbocycles. The number of halogens is 1. The predicted octanol–water partition coefficient (Wildman–Crippen LogP) is 4.40. The molecule has 1 atom stereocenters. The van der Waals surface area contributed by atoms with Crippen LogP contribution in [-0.4, -0.2) is 20.3 Å². The van der Waals surface area contributed by atoms with Crippen molar-refractivity contribution in [2.75, 3.05) is 0 Å². The van der Waals surface area contributed by atoms with Gasteiger partial charge in [0.05, 0.1) is 5.52 Å². The van der Waals surface area contributed by atoms with Gasteiger partial charge in [0.2, 0.25) is 0 Å². The molecule has 0 fully saturated rings. The number of aromatic nitrogens is 3. The van der Waals surface area contributed by atoms with Gasteiger partial charge in [0, 0.05) is 58.0 Å². The molecular formula is C17H16BrN3O. The normalized spacial score (nSPS) is 12.5. The van der Waals surface area contributed by atoms with Crippen molar-refractivity contribution in [3.8, 4) is 0 Å². The number of fused-ring (bicyclic) bond motifs is 1. The Morgan fingerprint density at radius 1 is 1.32 bits per heavy atom. The van der Waals surface area contributed by atoms with Crippen LogP contribution in [0, 0.1) is 0 Å². The van der Waals surface area contributed by atoms with E-state index in [-0.39, 0.29) is 5.78 Å². The van der Waals surface area contributed by atoms with Gasteiger partial charge in [0.1, 0.15) is 0 Å². The topological polar surface area (TPSA) is 47.8 Å². The smallest absolute Gasteiger partial charge is 0.196 e. The van der Waals surface area contributed by atoms with Gasteiger partial charge in [-0.3, -0.25) is 14.8 Å². The van der Waals surface area contributed by atoms with E-state index in [0.717, 1.165) is 21.8 Å². The van der Waals surface area contributed by atoms with Crippen molar-refractivity contribution >= 4 is 32.6 Å². The van der Waals surface area contributed by atoms with Gasteiger partial charge in [-0.05, 0) is 41.4 Å². The van der Waals surface area contributed by atoms with E-state index >= 15 is 0 Å². The van der Waals surface area contributed by atoms with Crippen LogP contribution in [0.25, 0.3) is 10.9 Å². The summed E-state index contributed by atoms with van der Waals surface area (Å²) in [6.07, 6.45) is 9.71. The number of nitrogens with zero attached hydrogens (tertiary/aromatic N) is 3. The summed E-state index contributed by atoms with van der Waals surface area (Å²) in [5.41, 5.74) is 2.28. The Morgan fingerprint density at radius 2 is 2.14 bits per heavy atom. The lowest BCUT2D eigenvalue weighted by Gasteiger charge is -2.12. The van der Waals surface area contributed by atoms with Crippen LogP contribution in [0.3, 0.4) is 0 Å². The first-order chi connectivity index (χ1) is 10.6. The first kappa shape index (κ1) is 14.9. The molecular weight excluding hydrogens is 342 g/mol. The third-order valence-corrected chi connectivity index (χ3v) is 4.35. The van der Waals surface area contributed by atoms with Crippen molar-refractivity contribution in [2.24, 2.45) is 0 Å². The van der Waals surface area contributed by atoms with Gasteiger partial charge in [0.25, 0.3) is 0 Å². The summed E-state index contributed by atoms with van der Waals surface area (Å²) in [6, 6.07) is 4.07. The van der Waals surface area contributed by atoms with Crippen LogP contribution in [0.4, 0.5) is 0 Å². The summed E-state index contributed by atoms with van der Waals surface area (Å²) in [4.78, 5) is 21.1. The fraction of sp³-hybridized carbons (Fsp3) is 0.235. The highest BCUT2D eigenvalue weighted by atomic mass is 79.9. The van der Waals surface area contributed by atoms with E-state index in [4.69, 9.17) is 0 Å². The molecule has 3 aromatic rings. The lowest BCUT2D eigenvalue weighted by atomic mass is 10.1. The van der Waals surface area contributed by atoms with E-state index in [9.17, 15) is 4.79 Å². The highest BCUT2D eigenvalue weighted by Gasteiger charge is 2.19. The predicted molar refractivity (Wildman–Crippen MR) is 90.1 cm³/mol. The molecule has 1 unspecified atom stereocenters. The Morgan fingerprint density at radius 3 is 2.86 bits per heavy atom. The summed E-state index contributed by atoms with van der Waals surface area (Å²) in [6.45, 7) is 4.28. The van der Waals surface area contributed by atoms with Crippen LogP contribution < -0.4 is 0 Å². The van der Waals surface area contributed by atoms with Crippen LogP contribution >= 0.6 is 15.9 Å². The standard InChI is InChI=1S/C17H16BrN3O/c1-3-11(2)21-10-15(14-9-19-5-4-16(14)21)17(22)12-6-13(18)8-20-7-12/h4-11H,3H2,1-2H3. The third-order valence-electron chi connectivity index (χ3n) is 3.91. The average molecular weight is 358 g/mol. The van der Waals surface area contributed by atoms with Crippen molar-refractivity contribution < 1.29 is 4.79 Å². The molecule has 0 spiro atoms. The Labute approximate surface area is 137 Å². The van der Waals surface area contributed by atoms with E-state index in [1.165, 1.54) is 0 Å². The zero-order valence-corrected chi connectivity index (χ0v) is 14.0. The molecule has 0 saturated heterocycles. The molecule has 0 radical (unpaired) electrons. The Kier molecular flexibility index (Phi) is 4.07. The summed E-state index contributed by atoms with van der Waals surface area (Å²) in [7, 11) is 0. The fourth-order valence-corrected chi connectivity index (χ4v) is 2.90. The molecule has 0 N–H and O–H groups in total. The molecule has 112 valence electrons. The number of hydrogen-bond donors (Lipinski definition) is 0. The van der Waals surface area contributed by atoms with Crippen LogP contribution in [-0.2, 0) is 0 Å². The van der Waals surface area contributed by atoms with Crippen molar-refractivity contribution in [3.05, 3.63) is 58.7 Å². The van der Waals surface area contributed by atoms with Gasteiger partial charge >= 0.3 is 0 Å². The van der Waals surface area contributed by atoms with E-state index in [1.54, 1.807) is 30.9 Å². The molecule has 3 heterocycles. The van der Waals surface area contributed by atoms with Crippen LogP contribution in [0.2, 0.25) is 0 Å². The highest BCUT2D eigenvalue weighted by molar-refractivity contribution is 9.10. The fourth-order valence-electron chi connectivity index (χ4n) is 2.53. The Bertz CT molecular complexity index is 841. The van der Waals surface area contributed by atoms with Crippen molar-refractivity contribution in [2.45, 2.75) is 26.3 Å². The minimum Gasteiger partial charge on any atom is -0.344 e. The van der Waals surface area contributed by atoms with Gasteiger partial charge in [0.15, 0.2) is 5.78 Å². The minimum atomic E-state index is -0.0335. The molecule has 0 aromatic carbocycles. The van der Waals surface area contributed by atoms with Crippen LogP contribution in [0.5, 0.6) is 0 Å². The van der Waals surface area contributed by atoms with E-state index < -0.39 is 0 Å². The average Bonchev–Trinajstić information content (AvgIpc) is 2.93. The monoisotopic (exact) mass is 357 g/mol. The number of hydrogen-bond acceptors (Lipinski definition) is 3. The number of ketones is 1. The number of pyridine rings is 2. The highest BCUT2D eigenvalue weighted by Crippen LogP contribution is 2.27. The SMILES string of the molecule is CCC(C)n1cc(C(=O)c2cncc(Br)c2)c2cnccc21.